The van der Waals surface area contributed by atoms with Gasteiger partial charge in [0.2, 0.25) is 0 Å². The van der Waals surface area contributed by atoms with Crippen molar-refractivity contribution in [1.29, 1.82) is 0 Å². The third-order valence-electron chi connectivity index (χ3n) is 6.50. The largest absolute Gasteiger partial charge is 0.493 e. The molecule has 1 N–H and O–H groups in total. The second kappa shape index (κ2) is 8.79. The SMILES string of the molecule is COc1ccc(C2C(=O)c3ccc(C(O)c4ccccn4)cc3C2=O)cc1OC1CCCC1. The summed E-state index contributed by atoms with van der Waals surface area (Å²) in [6, 6.07) is 15.4. The molecule has 168 valence electrons. The van der Waals surface area contributed by atoms with Crippen molar-refractivity contribution in [2.45, 2.75) is 43.8 Å². The Morgan fingerprint density at radius 1 is 0.939 bits per heavy atom. The van der Waals surface area contributed by atoms with E-state index in [1.54, 1.807) is 67.9 Å². The highest BCUT2D eigenvalue weighted by Gasteiger charge is 2.40. The van der Waals surface area contributed by atoms with Gasteiger partial charge < -0.3 is 14.6 Å². The van der Waals surface area contributed by atoms with E-state index < -0.39 is 12.0 Å². The fraction of sp³-hybridized carbons (Fsp3) is 0.296. The third-order valence-corrected chi connectivity index (χ3v) is 6.50. The van der Waals surface area contributed by atoms with Crippen molar-refractivity contribution in [2.24, 2.45) is 0 Å². The maximum Gasteiger partial charge on any atom is 0.178 e. The summed E-state index contributed by atoms with van der Waals surface area (Å²) in [6.45, 7) is 0. The fourth-order valence-corrected chi connectivity index (χ4v) is 4.74. The number of hydrogen-bond donors (Lipinski definition) is 1. The number of benzene rings is 2. The topological polar surface area (TPSA) is 85.7 Å². The second-order valence-corrected chi connectivity index (χ2v) is 8.56. The van der Waals surface area contributed by atoms with Gasteiger partial charge in [0.15, 0.2) is 23.1 Å². The van der Waals surface area contributed by atoms with Gasteiger partial charge in [0.25, 0.3) is 0 Å². The number of pyridine rings is 1. The minimum absolute atomic E-state index is 0.122. The highest BCUT2D eigenvalue weighted by atomic mass is 16.5. The first-order valence-electron chi connectivity index (χ1n) is 11.2. The van der Waals surface area contributed by atoms with E-state index in [1.807, 2.05) is 0 Å². The minimum atomic E-state index is -0.981. The number of aliphatic hydroxyl groups excluding tert-OH is 1. The number of nitrogens with zero attached hydrogens (tertiary/aromatic N) is 1. The summed E-state index contributed by atoms with van der Waals surface area (Å²) in [4.78, 5) is 30.7. The number of rotatable bonds is 6. The van der Waals surface area contributed by atoms with E-state index in [-0.39, 0.29) is 17.7 Å². The normalized spacial score (nSPS) is 18.9. The van der Waals surface area contributed by atoms with Crippen molar-refractivity contribution in [3.8, 4) is 11.5 Å². The van der Waals surface area contributed by atoms with Gasteiger partial charge in [0.1, 0.15) is 12.0 Å². The van der Waals surface area contributed by atoms with Gasteiger partial charge in [0.05, 0.1) is 18.9 Å². The molecule has 33 heavy (non-hydrogen) atoms. The number of carbonyl (C=O) groups excluding carboxylic acids is 2. The zero-order valence-electron chi connectivity index (χ0n) is 18.4. The molecule has 0 bridgehead atoms. The number of fused-ring (bicyclic) bond motifs is 1. The van der Waals surface area contributed by atoms with Crippen molar-refractivity contribution in [2.75, 3.05) is 7.11 Å². The molecule has 2 aliphatic carbocycles. The lowest BCUT2D eigenvalue weighted by molar-refractivity contribution is 0.0890. The number of Topliss-reactive ketones (excluding diaryl/α,β-unsaturated/α-hetero) is 2. The first kappa shape index (κ1) is 21.3. The van der Waals surface area contributed by atoms with Crippen molar-refractivity contribution >= 4 is 11.6 Å². The van der Waals surface area contributed by atoms with Gasteiger partial charge in [-0.05, 0) is 67.1 Å². The first-order chi connectivity index (χ1) is 16.1. The summed E-state index contributed by atoms with van der Waals surface area (Å²) in [5.41, 5.74) is 2.29. The monoisotopic (exact) mass is 443 g/mol. The molecule has 2 aliphatic rings. The van der Waals surface area contributed by atoms with Crippen LogP contribution in [-0.2, 0) is 0 Å². The van der Waals surface area contributed by atoms with E-state index in [2.05, 4.69) is 4.98 Å². The number of ketones is 2. The number of carbonyl (C=O) groups is 2. The van der Waals surface area contributed by atoms with Crippen LogP contribution in [-0.4, -0.2) is 34.9 Å². The highest BCUT2D eigenvalue weighted by molar-refractivity contribution is 6.29. The van der Waals surface area contributed by atoms with Crippen LogP contribution in [0.4, 0.5) is 0 Å². The van der Waals surface area contributed by atoms with Gasteiger partial charge in [-0.15, -0.1) is 0 Å². The average molecular weight is 443 g/mol. The molecule has 1 aromatic heterocycles. The van der Waals surface area contributed by atoms with Crippen LogP contribution in [0.15, 0.2) is 60.8 Å². The molecule has 2 atom stereocenters. The molecule has 0 spiro atoms. The van der Waals surface area contributed by atoms with Crippen molar-refractivity contribution < 1.29 is 24.2 Å². The summed E-state index contributed by atoms with van der Waals surface area (Å²) < 4.78 is 11.6. The number of ether oxygens (including phenoxy) is 2. The molecular formula is C27H25NO5. The first-order valence-corrected chi connectivity index (χ1v) is 11.2. The predicted octanol–water partition coefficient (Wildman–Crippen LogP) is 4.66. The van der Waals surface area contributed by atoms with E-state index in [0.29, 0.717) is 39.4 Å². The molecule has 2 aromatic carbocycles. The number of aromatic nitrogens is 1. The third kappa shape index (κ3) is 3.91. The lowest BCUT2D eigenvalue weighted by Crippen LogP contribution is -2.15. The van der Waals surface area contributed by atoms with Crippen LogP contribution in [0.3, 0.4) is 0 Å². The Labute approximate surface area is 192 Å². The van der Waals surface area contributed by atoms with Crippen molar-refractivity contribution in [1.82, 2.24) is 4.98 Å². The Hall–Kier alpha value is -3.51. The highest BCUT2D eigenvalue weighted by Crippen LogP contribution is 2.40. The van der Waals surface area contributed by atoms with Crippen molar-refractivity contribution in [3.05, 3.63) is 88.7 Å². The summed E-state index contributed by atoms with van der Waals surface area (Å²) in [6.07, 6.45) is 4.99. The van der Waals surface area contributed by atoms with Crippen LogP contribution >= 0.6 is 0 Å². The molecule has 0 amide bonds. The average Bonchev–Trinajstić information content (AvgIpc) is 3.45. The summed E-state index contributed by atoms with van der Waals surface area (Å²) in [5, 5.41) is 10.7. The molecule has 0 aliphatic heterocycles. The molecular weight excluding hydrogens is 418 g/mol. The molecule has 3 aromatic rings. The van der Waals surface area contributed by atoms with E-state index in [1.165, 1.54) is 0 Å². The van der Waals surface area contributed by atoms with Gasteiger partial charge in [-0.25, -0.2) is 0 Å². The Kier molecular flexibility index (Phi) is 5.68. The molecule has 6 nitrogen and oxygen atoms in total. The van der Waals surface area contributed by atoms with Gasteiger partial charge in [-0.1, -0.05) is 24.3 Å². The number of aliphatic hydroxyl groups is 1. The Morgan fingerprint density at radius 2 is 1.73 bits per heavy atom. The lowest BCUT2D eigenvalue weighted by atomic mass is 9.94. The lowest BCUT2D eigenvalue weighted by Gasteiger charge is -2.18. The van der Waals surface area contributed by atoms with E-state index in [9.17, 15) is 14.7 Å². The molecule has 0 saturated heterocycles. The molecule has 5 rings (SSSR count). The van der Waals surface area contributed by atoms with E-state index in [4.69, 9.17) is 9.47 Å². The van der Waals surface area contributed by atoms with Crippen LogP contribution < -0.4 is 9.47 Å². The minimum Gasteiger partial charge on any atom is -0.493 e. The van der Waals surface area contributed by atoms with Crippen molar-refractivity contribution in [3.63, 3.8) is 0 Å². The number of hydrogen-bond acceptors (Lipinski definition) is 6. The molecule has 0 radical (unpaired) electrons. The predicted molar refractivity (Wildman–Crippen MR) is 122 cm³/mol. The molecule has 1 heterocycles. The van der Waals surface area contributed by atoms with Crippen LogP contribution in [0.2, 0.25) is 0 Å². The van der Waals surface area contributed by atoms with Gasteiger partial charge >= 0.3 is 0 Å². The summed E-state index contributed by atoms with van der Waals surface area (Å²) in [5.74, 6) is -0.307. The molecule has 1 saturated carbocycles. The number of methoxy groups -OCH3 is 1. The Bertz CT molecular complexity index is 1200. The quantitative estimate of drug-likeness (QED) is 0.558. The van der Waals surface area contributed by atoms with E-state index in [0.717, 1.165) is 25.7 Å². The summed E-state index contributed by atoms with van der Waals surface area (Å²) in [7, 11) is 1.58. The van der Waals surface area contributed by atoms with Gasteiger partial charge in [-0.3, -0.25) is 14.6 Å². The van der Waals surface area contributed by atoms with Gasteiger partial charge in [0, 0.05) is 17.3 Å². The zero-order chi connectivity index (χ0) is 22.9. The zero-order valence-corrected chi connectivity index (χ0v) is 18.4. The van der Waals surface area contributed by atoms with Crippen LogP contribution in [0, 0.1) is 0 Å². The molecule has 1 fully saturated rings. The standard InChI is InChI=1S/C27H25NO5/c1-32-22-12-10-16(15-23(22)33-18-6-2-3-7-18)24-26(30)19-11-9-17(14-20(19)27(24)31)25(29)21-8-4-5-13-28-21/h4-5,8-15,18,24-25,29H,2-3,6-7H2,1H3. The molecule has 2 unspecified atom stereocenters. The summed E-state index contributed by atoms with van der Waals surface area (Å²) >= 11 is 0. The Balaban J connectivity index is 1.46. The fourth-order valence-electron chi connectivity index (χ4n) is 4.74. The smallest absolute Gasteiger partial charge is 0.178 e. The molecule has 6 heteroatoms. The second-order valence-electron chi connectivity index (χ2n) is 8.56. The van der Waals surface area contributed by atoms with Crippen LogP contribution in [0.25, 0.3) is 0 Å². The Morgan fingerprint density at radius 3 is 2.45 bits per heavy atom. The van der Waals surface area contributed by atoms with Crippen LogP contribution in [0.1, 0.15) is 75.2 Å². The van der Waals surface area contributed by atoms with Gasteiger partial charge in [-0.2, -0.15) is 0 Å². The van der Waals surface area contributed by atoms with Crippen LogP contribution in [0.5, 0.6) is 11.5 Å². The maximum absolute atomic E-state index is 13.3. The van der Waals surface area contributed by atoms with E-state index >= 15 is 0 Å². The maximum atomic E-state index is 13.3.